The van der Waals surface area contributed by atoms with E-state index in [-0.39, 0.29) is 41.9 Å². The zero-order valence-corrected chi connectivity index (χ0v) is 31.2. The monoisotopic (exact) mass is 678 g/mol. The lowest BCUT2D eigenvalue weighted by Crippen LogP contribution is -2.61. The van der Waals surface area contributed by atoms with Crippen molar-refractivity contribution < 1.29 is 19.2 Å². The zero-order chi connectivity index (χ0) is 36.1. The van der Waals surface area contributed by atoms with Crippen LogP contribution in [0.2, 0.25) is 0 Å². The predicted octanol–water partition coefficient (Wildman–Crippen LogP) is 4.63. The van der Waals surface area contributed by atoms with E-state index < -0.39 is 29.2 Å². The third kappa shape index (κ3) is 10.6. The molecule has 49 heavy (non-hydrogen) atoms. The molecule has 0 spiro atoms. The number of nitrogens with one attached hydrogen (secondary N) is 4. The van der Waals surface area contributed by atoms with Gasteiger partial charge in [-0.3, -0.25) is 19.3 Å². The molecule has 2 fully saturated rings. The van der Waals surface area contributed by atoms with Gasteiger partial charge in [0.15, 0.2) is 0 Å². The maximum Gasteiger partial charge on any atom is 0.315 e. The second-order valence-electron chi connectivity index (χ2n) is 17.2. The fourth-order valence-corrected chi connectivity index (χ4v) is 7.03. The van der Waals surface area contributed by atoms with E-state index >= 15 is 0 Å². The second kappa shape index (κ2) is 16.2. The van der Waals surface area contributed by atoms with Crippen molar-refractivity contribution in [3.63, 3.8) is 0 Å². The van der Waals surface area contributed by atoms with Gasteiger partial charge in [0, 0.05) is 51.4 Å². The Morgan fingerprint density at radius 2 is 1.59 bits per heavy atom. The lowest BCUT2D eigenvalue weighted by molar-refractivity contribution is -0.139. The minimum Gasteiger partial charge on any atom is -0.346 e. The number of benzene rings is 1. The van der Waals surface area contributed by atoms with E-state index in [9.17, 15) is 19.2 Å². The minimum atomic E-state index is -0.758. The minimum absolute atomic E-state index is 0.117. The molecular weight excluding hydrogens is 616 g/mol. The van der Waals surface area contributed by atoms with Crippen molar-refractivity contribution in [3.05, 3.63) is 48.0 Å². The Hall–Kier alpha value is -3.24. The van der Waals surface area contributed by atoms with Gasteiger partial charge >= 0.3 is 6.03 Å². The number of carbonyl (C=O) groups is 4. The van der Waals surface area contributed by atoms with Gasteiger partial charge in [-0.1, -0.05) is 98.6 Å². The summed E-state index contributed by atoms with van der Waals surface area (Å²) in [6, 6.07) is 6.45. The molecule has 272 valence electrons. The molecule has 10 heteroatoms. The first kappa shape index (κ1) is 38.6. The van der Waals surface area contributed by atoms with Crippen molar-refractivity contribution >= 4 is 23.6 Å². The number of nitrogens with zero attached hydrogens (tertiary/aromatic N) is 2. The van der Waals surface area contributed by atoms with Gasteiger partial charge in [-0.2, -0.15) is 0 Å². The van der Waals surface area contributed by atoms with Gasteiger partial charge in [0.2, 0.25) is 11.7 Å². The van der Waals surface area contributed by atoms with Gasteiger partial charge in [0.05, 0.1) is 6.04 Å². The Bertz CT molecular complexity index is 1320. The summed E-state index contributed by atoms with van der Waals surface area (Å²) in [6.07, 6.45) is 5.08. The van der Waals surface area contributed by atoms with Crippen LogP contribution >= 0.6 is 0 Å². The molecule has 4 rings (SSSR count). The van der Waals surface area contributed by atoms with Crippen LogP contribution in [-0.4, -0.2) is 83.8 Å². The highest BCUT2D eigenvalue weighted by molar-refractivity contribution is 6.38. The van der Waals surface area contributed by atoms with Gasteiger partial charge < -0.3 is 26.2 Å². The van der Waals surface area contributed by atoms with E-state index in [0.717, 1.165) is 32.4 Å². The van der Waals surface area contributed by atoms with Crippen LogP contribution in [0.15, 0.2) is 36.9 Å². The fraction of sp³-hybridized carbons (Fsp3) is 0.692. The zero-order valence-electron chi connectivity index (χ0n) is 31.2. The molecule has 10 nitrogen and oxygen atoms in total. The van der Waals surface area contributed by atoms with E-state index in [1.807, 2.05) is 25.7 Å². The lowest BCUT2D eigenvalue weighted by Gasteiger charge is -2.38. The van der Waals surface area contributed by atoms with Crippen molar-refractivity contribution in [2.75, 3.05) is 26.2 Å². The summed E-state index contributed by atoms with van der Waals surface area (Å²) >= 11 is 0. The quantitative estimate of drug-likeness (QED) is 0.159. The van der Waals surface area contributed by atoms with E-state index in [0.29, 0.717) is 37.9 Å². The Morgan fingerprint density at radius 1 is 0.959 bits per heavy atom. The summed E-state index contributed by atoms with van der Waals surface area (Å²) < 4.78 is 0. The van der Waals surface area contributed by atoms with Crippen molar-refractivity contribution in [2.45, 2.75) is 118 Å². The smallest absolute Gasteiger partial charge is 0.315 e. The van der Waals surface area contributed by atoms with E-state index in [1.165, 1.54) is 11.1 Å². The normalized spacial score (nSPS) is 21.5. The van der Waals surface area contributed by atoms with E-state index in [2.05, 4.69) is 91.6 Å². The first-order valence-corrected chi connectivity index (χ1v) is 18.3. The van der Waals surface area contributed by atoms with Crippen LogP contribution < -0.4 is 21.3 Å². The number of amides is 4. The third-order valence-corrected chi connectivity index (χ3v) is 10.6. The molecule has 1 aliphatic carbocycles. The standard InChI is InChI=1S/C39H62N6O4/c1-10-17-40-35(47)33(46)31(18-26-15-16-26)41-20-30-19-29(25(2)3)23-45(30)36(48)34(39(7,8)9)43-37(49)42-32(38(4,5)6)24-44-21-27-13-11-12-14-28(27)22-44/h10-14,25-26,29-32,34,41H,1,15-24H2,2-9H3,(H,40,47)(H2,42,43,49)/t29-,30?,31?,32?,34-/m1/s1. The molecule has 1 saturated carbocycles. The Morgan fingerprint density at radius 3 is 2.12 bits per heavy atom. The van der Waals surface area contributed by atoms with Crippen molar-refractivity contribution in [1.82, 2.24) is 31.1 Å². The van der Waals surface area contributed by atoms with Crippen LogP contribution in [-0.2, 0) is 27.5 Å². The first-order valence-electron chi connectivity index (χ1n) is 18.3. The molecule has 0 bridgehead atoms. The summed E-state index contributed by atoms with van der Waals surface area (Å²) in [5.74, 6) is -0.112. The van der Waals surface area contributed by atoms with Gasteiger partial charge in [-0.05, 0) is 52.6 Å². The van der Waals surface area contributed by atoms with Crippen molar-refractivity contribution in [2.24, 2.45) is 28.6 Å². The maximum absolute atomic E-state index is 14.5. The van der Waals surface area contributed by atoms with Crippen LogP contribution in [0.1, 0.15) is 92.2 Å². The molecule has 4 N–H and O–H groups in total. The van der Waals surface area contributed by atoms with Crippen LogP contribution in [0.3, 0.4) is 0 Å². The summed E-state index contributed by atoms with van der Waals surface area (Å²) in [7, 11) is 0. The van der Waals surface area contributed by atoms with Crippen molar-refractivity contribution in [1.29, 1.82) is 0 Å². The molecule has 1 aromatic rings. The lowest BCUT2D eigenvalue weighted by atomic mass is 9.85. The molecule has 1 saturated heterocycles. The van der Waals surface area contributed by atoms with Crippen LogP contribution in [0.25, 0.3) is 0 Å². The van der Waals surface area contributed by atoms with E-state index in [1.54, 1.807) is 6.08 Å². The fourth-order valence-electron chi connectivity index (χ4n) is 7.03. The number of Topliss-reactive ketones (excluding diaryl/α,β-unsaturated/α-hetero) is 1. The summed E-state index contributed by atoms with van der Waals surface area (Å²) in [6.45, 7) is 23.9. The molecule has 2 heterocycles. The predicted molar refractivity (Wildman–Crippen MR) is 195 cm³/mol. The summed E-state index contributed by atoms with van der Waals surface area (Å²) in [5, 5.41) is 12.4. The number of fused-ring (bicyclic) bond motifs is 1. The Balaban J connectivity index is 1.45. The highest BCUT2D eigenvalue weighted by Gasteiger charge is 2.44. The SMILES string of the molecule is C=CCNC(=O)C(=O)C(CC1CC1)NCC1C[C@@H](C(C)C)CN1C(=O)[C@@H](NC(=O)NC(CN1Cc2ccccc2C1)C(C)(C)C)C(C)(C)C. The molecule has 0 aromatic heterocycles. The molecular formula is C39H62N6O4. The number of hydrogen-bond donors (Lipinski definition) is 4. The van der Waals surface area contributed by atoms with Crippen LogP contribution in [0.5, 0.6) is 0 Å². The topological polar surface area (TPSA) is 123 Å². The Kier molecular flexibility index (Phi) is 12.7. The number of rotatable bonds is 15. The van der Waals surface area contributed by atoms with Crippen LogP contribution in [0.4, 0.5) is 4.79 Å². The van der Waals surface area contributed by atoms with Gasteiger partial charge in [0.1, 0.15) is 6.04 Å². The first-order chi connectivity index (χ1) is 23.0. The third-order valence-electron chi connectivity index (χ3n) is 10.6. The number of urea groups is 1. The maximum atomic E-state index is 14.5. The van der Waals surface area contributed by atoms with Crippen LogP contribution in [0, 0.1) is 28.6 Å². The molecule has 2 aliphatic heterocycles. The number of ketones is 1. The summed E-state index contributed by atoms with van der Waals surface area (Å²) in [5.41, 5.74) is 1.89. The van der Waals surface area contributed by atoms with Gasteiger partial charge in [0.25, 0.3) is 5.91 Å². The summed E-state index contributed by atoms with van der Waals surface area (Å²) in [4.78, 5) is 58.3. The Labute approximate surface area is 294 Å². The molecule has 5 atom stereocenters. The highest BCUT2D eigenvalue weighted by atomic mass is 16.2. The number of likely N-dealkylation sites (tertiary alicyclic amines) is 1. The average Bonchev–Trinajstić information content (AvgIpc) is 3.58. The molecule has 0 radical (unpaired) electrons. The average molecular weight is 679 g/mol. The highest BCUT2D eigenvalue weighted by Crippen LogP contribution is 2.35. The van der Waals surface area contributed by atoms with E-state index in [4.69, 9.17) is 0 Å². The second-order valence-corrected chi connectivity index (χ2v) is 17.2. The molecule has 3 aliphatic rings. The van der Waals surface area contributed by atoms with Gasteiger partial charge in [-0.25, -0.2) is 4.79 Å². The number of hydrogen-bond acceptors (Lipinski definition) is 6. The number of carbonyl (C=O) groups excluding carboxylic acids is 4. The largest absolute Gasteiger partial charge is 0.346 e. The molecule has 3 unspecified atom stereocenters. The van der Waals surface area contributed by atoms with Gasteiger partial charge in [-0.15, -0.1) is 6.58 Å². The van der Waals surface area contributed by atoms with Crippen molar-refractivity contribution in [3.8, 4) is 0 Å². The molecule has 4 amide bonds. The molecule has 1 aromatic carbocycles.